The van der Waals surface area contributed by atoms with Crippen LogP contribution < -0.4 is 5.73 Å². The van der Waals surface area contributed by atoms with E-state index in [0.717, 1.165) is 42.3 Å². The van der Waals surface area contributed by atoms with Gasteiger partial charge >= 0.3 is 0 Å². The number of hydrogen-bond donors (Lipinski definition) is 1. The number of hydrogen-bond acceptors (Lipinski definition) is 4. The molecule has 0 radical (unpaired) electrons. The third kappa shape index (κ3) is 2.40. The second kappa shape index (κ2) is 4.78. The first-order chi connectivity index (χ1) is 9.13. The number of oxazole rings is 1. The maximum atomic E-state index is 12.5. The van der Waals surface area contributed by atoms with Crippen molar-refractivity contribution in [1.82, 2.24) is 4.98 Å². The summed E-state index contributed by atoms with van der Waals surface area (Å²) in [7, 11) is 0. The number of rotatable bonds is 2. The van der Waals surface area contributed by atoms with Crippen molar-refractivity contribution >= 4 is 16.9 Å². The summed E-state index contributed by atoms with van der Waals surface area (Å²) in [5.41, 5.74) is 8.11. The summed E-state index contributed by atoms with van der Waals surface area (Å²) < 4.78 is 5.42. The number of ketones is 1. The zero-order valence-electron chi connectivity index (χ0n) is 11.1. The maximum absolute atomic E-state index is 12.5. The van der Waals surface area contributed by atoms with Gasteiger partial charge in [-0.1, -0.05) is 0 Å². The van der Waals surface area contributed by atoms with E-state index in [1.807, 2.05) is 25.1 Å². The SMILES string of the molecule is Cc1nc2cc(C(=O)C3CCC(N)CC3)ccc2o1. The van der Waals surface area contributed by atoms with E-state index < -0.39 is 0 Å². The van der Waals surface area contributed by atoms with E-state index in [9.17, 15) is 4.79 Å². The Kier molecular flexibility index (Phi) is 3.11. The highest BCUT2D eigenvalue weighted by Gasteiger charge is 2.25. The lowest BCUT2D eigenvalue weighted by Gasteiger charge is -2.24. The molecular weight excluding hydrogens is 240 g/mol. The summed E-state index contributed by atoms with van der Waals surface area (Å²) in [6, 6.07) is 5.77. The van der Waals surface area contributed by atoms with Crippen LogP contribution in [-0.2, 0) is 0 Å². The molecule has 0 saturated heterocycles. The number of aryl methyl sites for hydroxylation is 1. The highest BCUT2D eigenvalue weighted by molar-refractivity contribution is 6.00. The van der Waals surface area contributed by atoms with Crippen LogP contribution in [-0.4, -0.2) is 16.8 Å². The van der Waals surface area contributed by atoms with Gasteiger partial charge in [-0.05, 0) is 43.9 Å². The molecule has 1 aliphatic carbocycles. The zero-order valence-corrected chi connectivity index (χ0v) is 11.1. The van der Waals surface area contributed by atoms with Crippen molar-refractivity contribution in [2.45, 2.75) is 38.6 Å². The van der Waals surface area contributed by atoms with Gasteiger partial charge in [-0.2, -0.15) is 0 Å². The second-order valence-electron chi connectivity index (χ2n) is 5.39. The van der Waals surface area contributed by atoms with Crippen LogP contribution >= 0.6 is 0 Å². The molecule has 0 unspecified atom stereocenters. The summed E-state index contributed by atoms with van der Waals surface area (Å²) in [6.45, 7) is 1.81. The van der Waals surface area contributed by atoms with E-state index in [1.165, 1.54) is 0 Å². The molecule has 0 aliphatic heterocycles. The Labute approximate surface area is 112 Å². The van der Waals surface area contributed by atoms with Gasteiger partial charge in [-0.15, -0.1) is 0 Å². The van der Waals surface area contributed by atoms with Gasteiger partial charge in [-0.25, -0.2) is 4.98 Å². The number of aromatic nitrogens is 1. The molecule has 3 rings (SSSR count). The monoisotopic (exact) mass is 258 g/mol. The van der Waals surface area contributed by atoms with Crippen LogP contribution in [0.1, 0.15) is 41.9 Å². The fourth-order valence-corrected chi connectivity index (χ4v) is 2.81. The van der Waals surface area contributed by atoms with Gasteiger partial charge in [-0.3, -0.25) is 4.79 Å². The number of carbonyl (C=O) groups excluding carboxylic acids is 1. The molecule has 19 heavy (non-hydrogen) atoms. The van der Waals surface area contributed by atoms with Gasteiger partial charge in [0, 0.05) is 24.4 Å². The highest BCUT2D eigenvalue weighted by Crippen LogP contribution is 2.27. The Morgan fingerprint density at radius 3 is 2.79 bits per heavy atom. The number of benzene rings is 1. The lowest BCUT2D eigenvalue weighted by molar-refractivity contribution is 0.0885. The van der Waals surface area contributed by atoms with Gasteiger partial charge in [0.25, 0.3) is 0 Å². The molecule has 100 valence electrons. The lowest BCUT2D eigenvalue weighted by atomic mass is 9.82. The van der Waals surface area contributed by atoms with Crippen molar-refractivity contribution < 1.29 is 9.21 Å². The molecule has 0 spiro atoms. The quantitative estimate of drug-likeness (QED) is 0.841. The topological polar surface area (TPSA) is 69.1 Å². The molecule has 0 atom stereocenters. The minimum atomic E-state index is 0.116. The lowest BCUT2D eigenvalue weighted by Crippen LogP contribution is -2.29. The molecule has 0 amide bonds. The number of Topliss-reactive ketones (excluding diaryl/α,β-unsaturated/α-hetero) is 1. The maximum Gasteiger partial charge on any atom is 0.192 e. The Balaban J connectivity index is 1.84. The molecule has 2 N–H and O–H groups in total. The summed E-state index contributed by atoms with van der Waals surface area (Å²) in [5.74, 6) is 0.961. The van der Waals surface area contributed by atoms with Crippen LogP contribution in [0.3, 0.4) is 0 Å². The van der Waals surface area contributed by atoms with Gasteiger partial charge in [0.15, 0.2) is 17.3 Å². The molecule has 0 bridgehead atoms. The normalized spacial score (nSPS) is 23.7. The first kappa shape index (κ1) is 12.4. The van der Waals surface area contributed by atoms with Gasteiger partial charge < -0.3 is 10.2 Å². The molecule has 1 saturated carbocycles. The molecular formula is C15H18N2O2. The Hall–Kier alpha value is -1.68. The minimum absolute atomic E-state index is 0.116. The van der Waals surface area contributed by atoms with Crippen LogP contribution in [0, 0.1) is 12.8 Å². The zero-order chi connectivity index (χ0) is 13.4. The molecule has 4 heteroatoms. The van der Waals surface area contributed by atoms with Crippen molar-refractivity contribution in [1.29, 1.82) is 0 Å². The van der Waals surface area contributed by atoms with E-state index in [4.69, 9.17) is 10.2 Å². The van der Waals surface area contributed by atoms with Crippen molar-refractivity contribution in [2.75, 3.05) is 0 Å². The molecule has 2 aromatic rings. The summed E-state index contributed by atoms with van der Waals surface area (Å²) >= 11 is 0. The van der Waals surface area contributed by atoms with Crippen LogP contribution in [0.25, 0.3) is 11.1 Å². The fourth-order valence-electron chi connectivity index (χ4n) is 2.81. The first-order valence-corrected chi connectivity index (χ1v) is 6.80. The first-order valence-electron chi connectivity index (χ1n) is 6.80. The van der Waals surface area contributed by atoms with Crippen molar-refractivity contribution in [3.05, 3.63) is 29.7 Å². The highest BCUT2D eigenvalue weighted by atomic mass is 16.3. The predicted octanol–water partition coefficient (Wildman–Crippen LogP) is 2.84. The third-order valence-corrected chi connectivity index (χ3v) is 3.92. The van der Waals surface area contributed by atoms with Gasteiger partial charge in [0.05, 0.1) is 0 Å². The number of fused-ring (bicyclic) bond motifs is 1. The van der Waals surface area contributed by atoms with Crippen molar-refractivity contribution in [2.24, 2.45) is 11.7 Å². The Morgan fingerprint density at radius 1 is 1.32 bits per heavy atom. The third-order valence-electron chi connectivity index (χ3n) is 3.92. The van der Waals surface area contributed by atoms with Crippen molar-refractivity contribution in [3.63, 3.8) is 0 Å². The smallest absolute Gasteiger partial charge is 0.192 e. The molecule has 1 fully saturated rings. The summed E-state index contributed by atoms with van der Waals surface area (Å²) in [5, 5.41) is 0. The van der Waals surface area contributed by atoms with E-state index in [1.54, 1.807) is 0 Å². The minimum Gasteiger partial charge on any atom is -0.441 e. The van der Waals surface area contributed by atoms with E-state index in [0.29, 0.717) is 5.89 Å². The van der Waals surface area contributed by atoms with Gasteiger partial charge in [0.1, 0.15) is 5.52 Å². The van der Waals surface area contributed by atoms with Gasteiger partial charge in [0.2, 0.25) is 0 Å². The number of nitrogens with zero attached hydrogens (tertiary/aromatic N) is 1. The molecule has 1 aliphatic rings. The standard InChI is InChI=1S/C15H18N2O2/c1-9-17-13-8-11(4-7-14(13)19-9)15(18)10-2-5-12(16)6-3-10/h4,7-8,10,12H,2-3,5-6,16H2,1H3. The number of carbonyl (C=O) groups is 1. The second-order valence-corrected chi connectivity index (χ2v) is 5.39. The van der Waals surface area contributed by atoms with E-state index in [-0.39, 0.29) is 17.7 Å². The van der Waals surface area contributed by atoms with Crippen LogP contribution in [0.2, 0.25) is 0 Å². The fraction of sp³-hybridized carbons (Fsp3) is 0.467. The summed E-state index contributed by atoms with van der Waals surface area (Å²) in [6.07, 6.45) is 3.69. The number of nitrogens with two attached hydrogens (primary N) is 1. The predicted molar refractivity (Wildman–Crippen MR) is 73.0 cm³/mol. The average Bonchev–Trinajstić information content (AvgIpc) is 2.77. The Morgan fingerprint density at radius 2 is 2.05 bits per heavy atom. The van der Waals surface area contributed by atoms with E-state index >= 15 is 0 Å². The van der Waals surface area contributed by atoms with Crippen LogP contribution in [0.4, 0.5) is 0 Å². The molecule has 1 heterocycles. The van der Waals surface area contributed by atoms with Crippen molar-refractivity contribution in [3.8, 4) is 0 Å². The molecule has 4 nitrogen and oxygen atoms in total. The molecule has 1 aromatic heterocycles. The summed E-state index contributed by atoms with van der Waals surface area (Å²) in [4.78, 5) is 16.7. The Bertz CT molecular complexity index is 610. The molecule has 1 aromatic carbocycles. The largest absolute Gasteiger partial charge is 0.441 e. The van der Waals surface area contributed by atoms with Crippen LogP contribution in [0.15, 0.2) is 22.6 Å². The average molecular weight is 258 g/mol. The van der Waals surface area contributed by atoms with E-state index in [2.05, 4.69) is 4.98 Å². The van der Waals surface area contributed by atoms with Crippen LogP contribution in [0.5, 0.6) is 0 Å².